The first-order chi connectivity index (χ1) is 8.22. The zero-order chi connectivity index (χ0) is 12.3. The Labute approximate surface area is 103 Å². The van der Waals surface area contributed by atoms with Crippen molar-refractivity contribution in [3.8, 4) is 0 Å². The Hall–Kier alpha value is -1.07. The van der Waals surface area contributed by atoms with Crippen LogP contribution in [-0.2, 0) is 11.3 Å². The molecule has 1 aliphatic heterocycles. The summed E-state index contributed by atoms with van der Waals surface area (Å²) in [6.07, 6.45) is 5.94. The highest BCUT2D eigenvalue weighted by molar-refractivity contribution is 5.34. The van der Waals surface area contributed by atoms with Gasteiger partial charge in [-0.3, -0.25) is 0 Å². The number of hydrogen-bond acceptors (Lipinski definition) is 4. The van der Waals surface area contributed by atoms with Crippen molar-refractivity contribution in [3.05, 3.63) is 12.4 Å². The minimum Gasteiger partial charge on any atom is -0.383 e. The Morgan fingerprint density at radius 3 is 3.12 bits per heavy atom. The number of nitrogens with two attached hydrogens (primary N) is 1. The van der Waals surface area contributed by atoms with Gasteiger partial charge in [0.15, 0.2) is 0 Å². The molecule has 0 radical (unpaired) electrons. The largest absolute Gasteiger partial charge is 0.383 e. The van der Waals surface area contributed by atoms with Crippen molar-refractivity contribution in [1.29, 1.82) is 0 Å². The van der Waals surface area contributed by atoms with Gasteiger partial charge in [-0.1, -0.05) is 0 Å². The molecular formula is C12H22N4O. The summed E-state index contributed by atoms with van der Waals surface area (Å²) in [7, 11) is 1.72. The maximum Gasteiger partial charge on any atom is 0.205 e. The Kier molecular flexibility index (Phi) is 4.02. The average Bonchev–Trinajstić information content (AvgIpc) is 2.74. The van der Waals surface area contributed by atoms with Crippen LogP contribution in [0.4, 0.5) is 5.95 Å². The van der Waals surface area contributed by atoms with Gasteiger partial charge in [0.25, 0.3) is 0 Å². The summed E-state index contributed by atoms with van der Waals surface area (Å²) in [5, 5.41) is 0. The quantitative estimate of drug-likeness (QED) is 0.844. The number of nitrogens with zero attached hydrogens (tertiary/aromatic N) is 3. The topological polar surface area (TPSA) is 56.3 Å². The van der Waals surface area contributed by atoms with Crippen LogP contribution in [-0.4, -0.2) is 41.9 Å². The molecule has 0 aromatic carbocycles. The maximum atomic E-state index is 5.99. The van der Waals surface area contributed by atoms with E-state index in [1.165, 1.54) is 0 Å². The Morgan fingerprint density at radius 2 is 2.41 bits per heavy atom. The molecule has 5 heteroatoms. The van der Waals surface area contributed by atoms with Crippen LogP contribution in [0.25, 0.3) is 0 Å². The van der Waals surface area contributed by atoms with Crippen molar-refractivity contribution in [1.82, 2.24) is 9.55 Å². The van der Waals surface area contributed by atoms with Crippen molar-refractivity contribution in [2.45, 2.75) is 38.4 Å². The van der Waals surface area contributed by atoms with E-state index in [1.807, 2.05) is 12.4 Å². The van der Waals surface area contributed by atoms with Crippen LogP contribution in [0.15, 0.2) is 12.4 Å². The van der Waals surface area contributed by atoms with Crippen LogP contribution in [0.3, 0.4) is 0 Å². The molecule has 1 aromatic heterocycles. The zero-order valence-electron chi connectivity index (χ0n) is 10.7. The summed E-state index contributed by atoms with van der Waals surface area (Å²) in [5.41, 5.74) is 5.99. The molecule has 0 aliphatic carbocycles. The van der Waals surface area contributed by atoms with Crippen molar-refractivity contribution >= 4 is 5.95 Å². The monoisotopic (exact) mass is 238 g/mol. The lowest BCUT2D eigenvalue weighted by atomic mass is 10.00. The van der Waals surface area contributed by atoms with Crippen LogP contribution >= 0.6 is 0 Å². The van der Waals surface area contributed by atoms with Crippen LogP contribution < -0.4 is 10.6 Å². The Bertz CT molecular complexity index is 352. The van der Waals surface area contributed by atoms with Gasteiger partial charge in [-0.2, -0.15) is 0 Å². The van der Waals surface area contributed by atoms with Crippen molar-refractivity contribution in [3.63, 3.8) is 0 Å². The molecule has 96 valence electrons. The molecule has 0 spiro atoms. The fourth-order valence-electron chi connectivity index (χ4n) is 2.43. The van der Waals surface area contributed by atoms with Crippen molar-refractivity contribution in [2.24, 2.45) is 5.73 Å². The fraction of sp³-hybridized carbons (Fsp3) is 0.750. The second-order valence-corrected chi connectivity index (χ2v) is 4.74. The van der Waals surface area contributed by atoms with Gasteiger partial charge in [-0.05, 0) is 19.8 Å². The molecule has 1 fully saturated rings. The first kappa shape index (κ1) is 12.4. The molecule has 1 saturated heterocycles. The lowest BCUT2D eigenvalue weighted by Crippen LogP contribution is -2.46. The van der Waals surface area contributed by atoms with Gasteiger partial charge >= 0.3 is 0 Å². The number of anilines is 1. The molecule has 1 aliphatic rings. The molecule has 0 bridgehead atoms. The third-order valence-electron chi connectivity index (χ3n) is 3.40. The smallest absolute Gasteiger partial charge is 0.205 e. The van der Waals surface area contributed by atoms with Crippen molar-refractivity contribution in [2.75, 3.05) is 25.2 Å². The summed E-state index contributed by atoms with van der Waals surface area (Å²) >= 11 is 0. The van der Waals surface area contributed by atoms with Crippen LogP contribution in [0.2, 0.25) is 0 Å². The highest BCUT2D eigenvalue weighted by atomic mass is 16.5. The van der Waals surface area contributed by atoms with E-state index in [0.29, 0.717) is 18.7 Å². The van der Waals surface area contributed by atoms with Gasteiger partial charge < -0.3 is 19.9 Å². The van der Waals surface area contributed by atoms with Crippen LogP contribution in [0.1, 0.15) is 19.8 Å². The molecule has 1 aromatic rings. The molecule has 2 rings (SSSR count). The lowest BCUT2D eigenvalue weighted by molar-refractivity contribution is 0.187. The van der Waals surface area contributed by atoms with E-state index in [-0.39, 0.29) is 0 Å². The molecule has 2 heterocycles. The normalized spacial score (nSPS) is 25.2. The Morgan fingerprint density at radius 1 is 1.59 bits per heavy atom. The maximum absolute atomic E-state index is 5.99. The molecule has 0 amide bonds. The van der Waals surface area contributed by atoms with Gasteiger partial charge in [0.1, 0.15) is 0 Å². The van der Waals surface area contributed by atoms with E-state index in [9.17, 15) is 0 Å². The minimum absolute atomic E-state index is 0.337. The molecule has 2 atom stereocenters. The van der Waals surface area contributed by atoms with E-state index in [1.54, 1.807) is 7.11 Å². The van der Waals surface area contributed by atoms with Gasteiger partial charge in [0.2, 0.25) is 5.95 Å². The van der Waals surface area contributed by atoms with Crippen LogP contribution in [0, 0.1) is 0 Å². The molecule has 17 heavy (non-hydrogen) atoms. The van der Waals surface area contributed by atoms with Gasteiger partial charge in [0.05, 0.1) is 6.61 Å². The van der Waals surface area contributed by atoms with Crippen molar-refractivity contribution < 1.29 is 4.74 Å². The predicted molar refractivity (Wildman–Crippen MR) is 68.1 cm³/mol. The number of rotatable bonds is 4. The van der Waals surface area contributed by atoms with Gasteiger partial charge in [0, 0.05) is 44.7 Å². The van der Waals surface area contributed by atoms with E-state index in [0.717, 1.165) is 31.9 Å². The summed E-state index contributed by atoms with van der Waals surface area (Å²) < 4.78 is 7.26. The Balaban J connectivity index is 2.08. The summed E-state index contributed by atoms with van der Waals surface area (Å²) in [6, 6.07) is 0.797. The SMILES string of the molecule is COCCn1ccnc1N1CCC(N)CC1C. The van der Waals surface area contributed by atoms with Gasteiger partial charge in [-0.15, -0.1) is 0 Å². The molecule has 2 N–H and O–H groups in total. The van der Waals surface area contributed by atoms with E-state index in [2.05, 4.69) is 21.4 Å². The van der Waals surface area contributed by atoms with E-state index in [4.69, 9.17) is 10.5 Å². The number of methoxy groups -OCH3 is 1. The number of piperidine rings is 1. The summed E-state index contributed by atoms with van der Waals surface area (Å²) in [6.45, 7) is 4.77. The number of imidazole rings is 1. The van der Waals surface area contributed by atoms with Crippen LogP contribution in [0.5, 0.6) is 0 Å². The number of hydrogen-bond donors (Lipinski definition) is 1. The molecule has 5 nitrogen and oxygen atoms in total. The second kappa shape index (κ2) is 5.51. The number of aromatic nitrogens is 2. The second-order valence-electron chi connectivity index (χ2n) is 4.74. The standard InChI is InChI=1S/C12H22N4O/c1-10-9-11(13)3-5-16(10)12-14-4-6-15(12)7-8-17-2/h4,6,10-11H,3,5,7-9,13H2,1-2H3. The molecular weight excluding hydrogens is 216 g/mol. The first-order valence-corrected chi connectivity index (χ1v) is 6.24. The fourth-order valence-corrected chi connectivity index (χ4v) is 2.43. The minimum atomic E-state index is 0.337. The summed E-state index contributed by atoms with van der Waals surface area (Å²) in [5.74, 6) is 1.04. The third kappa shape index (κ3) is 2.79. The molecule has 2 unspecified atom stereocenters. The average molecular weight is 238 g/mol. The number of ether oxygens (including phenoxy) is 1. The predicted octanol–water partition coefficient (Wildman–Crippen LogP) is 0.846. The third-order valence-corrected chi connectivity index (χ3v) is 3.40. The highest BCUT2D eigenvalue weighted by Gasteiger charge is 2.25. The zero-order valence-corrected chi connectivity index (χ0v) is 10.7. The first-order valence-electron chi connectivity index (χ1n) is 6.24. The van der Waals surface area contributed by atoms with Gasteiger partial charge in [-0.25, -0.2) is 4.98 Å². The lowest BCUT2D eigenvalue weighted by Gasteiger charge is -2.37. The van der Waals surface area contributed by atoms with E-state index >= 15 is 0 Å². The molecule has 0 saturated carbocycles. The highest BCUT2D eigenvalue weighted by Crippen LogP contribution is 2.22. The van der Waals surface area contributed by atoms with E-state index < -0.39 is 0 Å². The summed E-state index contributed by atoms with van der Waals surface area (Å²) in [4.78, 5) is 6.81.